The number of aliphatic hydroxyl groups excluding tert-OH is 1. The summed E-state index contributed by atoms with van der Waals surface area (Å²) in [6.07, 6.45) is 2.10. The van der Waals surface area contributed by atoms with Crippen LogP contribution in [0.4, 0.5) is 5.69 Å². The van der Waals surface area contributed by atoms with Gasteiger partial charge in [-0.15, -0.1) is 0 Å². The number of hydrogen-bond acceptors (Lipinski definition) is 5. The highest BCUT2D eigenvalue weighted by Gasteiger charge is 2.41. The molecular formula is C26H30N4O2. The second kappa shape index (κ2) is 8.67. The van der Waals surface area contributed by atoms with Crippen molar-refractivity contribution in [3.63, 3.8) is 0 Å². The van der Waals surface area contributed by atoms with E-state index in [1.54, 1.807) is 11.9 Å². The van der Waals surface area contributed by atoms with E-state index in [1.165, 1.54) is 11.1 Å². The first-order valence-corrected chi connectivity index (χ1v) is 11.6. The number of fused-ring (bicyclic) bond motifs is 2. The van der Waals surface area contributed by atoms with Crippen molar-refractivity contribution in [3.8, 4) is 6.07 Å². The molecule has 0 radical (unpaired) electrons. The van der Waals surface area contributed by atoms with E-state index in [2.05, 4.69) is 40.6 Å². The van der Waals surface area contributed by atoms with Crippen LogP contribution in [0.15, 0.2) is 48.5 Å². The summed E-state index contributed by atoms with van der Waals surface area (Å²) in [7, 11) is 1.80. The second-order valence-corrected chi connectivity index (χ2v) is 9.33. The number of amides is 1. The van der Waals surface area contributed by atoms with Crippen LogP contribution < -0.4 is 10.2 Å². The van der Waals surface area contributed by atoms with Gasteiger partial charge in [0.25, 0.3) is 0 Å². The van der Waals surface area contributed by atoms with Gasteiger partial charge in [-0.2, -0.15) is 5.26 Å². The zero-order chi connectivity index (χ0) is 22.2. The molecule has 0 spiro atoms. The Bertz CT molecular complexity index is 1040. The van der Waals surface area contributed by atoms with E-state index in [0.717, 1.165) is 43.6 Å². The monoisotopic (exact) mass is 430 g/mol. The Hall–Kier alpha value is -2.72. The van der Waals surface area contributed by atoms with Crippen molar-refractivity contribution >= 4 is 11.6 Å². The van der Waals surface area contributed by atoms with E-state index in [4.69, 9.17) is 0 Å². The summed E-state index contributed by atoms with van der Waals surface area (Å²) in [4.78, 5) is 16.8. The Morgan fingerprint density at radius 2 is 1.75 bits per heavy atom. The molecule has 1 fully saturated rings. The molecule has 1 saturated heterocycles. The molecule has 1 aliphatic carbocycles. The third kappa shape index (κ3) is 3.71. The van der Waals surface area contributed by atoms with E-state index in [-0.39, 0.29) is 29.8 Å². The highest BCUT2D eigenvalue weighted by molar-refractivity contribution is 5.96. The van der Waals surface area contributed by atoms with Crippen LogP contribution in [0, 0.1) is 17.2 Å². The van der Waals surface area contributed by atoms with Gasteiger partial charge in [-0.25, -0.2) is 0 Å². The molecule has 4 atom stereocenters. The number of rotatable bonds is 4. The number of carbonyl (C=O) groups is 1. The van der Waals surface area contributed by atoms with Crippen LogP contribution in [0.2, 0.25) is 0 Å². The Morgan fingerprint density at radius 3 is 2.50 bits per heavy atom. The van der Waals surface area contributed by atoms with E-state index in [1.807, 2.05) is 24.3 Å². The molecule has 2 heterocycles. The quantitative estimate of drug-likeness (QED) is 0.729. The molecule has 3 unspecified atom stereocenters. The highest BCUT2D eigenvalue weighted by Crippen LogP contribution is 2.40. The SMILES string of the molecule is CN1C(=O)C[C@H](C(O)NC2Cc3ccccc3C2N2CCC(C#N)CC2)c2ccccc21. The third-order valence-corrected chi connectivity index (χ3v) is 7.53. The Morgan fingerprint density at radius 1 is 1.06 bits per heavy atom. The van der Waals surface area contributed by atoms with Crippen molar-refractivity contribution in [2.24, 2.45) is 5.92 Å². The maximum Gasteiger partial charge on any atom is 0.227 e. The van der Waals surface area contributed by atoms with Crippen molar-refractivity contribution in [2.45, 2.75) is 49.9 Å². The minimum atomic E-state index is -0.813. The summed E-state index contributed by atoms with van der Waals surface area (Å²) >= 11 is 0. The molecule has 3 aliphatic rings. The summed E-state index contributed by atoms with van der Waals surface area (Å²) < 4.78 is 0. The number of anilines is 1. The zero-order valence-corrected chi connectivity index (χ0v) is 18.4. The highest BCUT2D eigenvalue weighted by atomic mass is 16.3. The van der Waals surface area contributed by atoms with Gasteiger partial charge in [0.1, 0.15) is 6.23 Å². The smallest absolute Gasteiger partial charge is 0.227 e. The maximum atomic E-state index is 12.6. The molecule has 0 saturated carbocycles. The van der Waals surface area contributed by atoms with Gasteiger partial charge in [0.2, 0.25) is 5.91 Å². The first-order valence-electron chi connectivity index (χ1n) is 11.6. The van der Waals surface area contributed by atoms with Gasteiger partial charge in [-0.3, -0.25) is 15.0 Å². The van der Waals surface area contributed by atoms with Crippen molar-refractivity contribution < 1.29 is 9.90 Å². The molecule has 0 bridgehead atoms. The van der Waals surface area contributed by atoms with Crippen molar-refractivity contribution in [1.82, 2.24) is 10.2 Å². The molecule has 2 N–H and O–H groups in total. The number of nitrogens with one attached hydrogen (secondary N) is 1. The van der Waals surface area contributed by atoms with Crippen LogP contribution in [0.25, 0.3) is 0 Å². The fourth-order valence-electron chi connectivity index (χ4n) is 5.77. The van der Waals surface area contributed by atoms with Gasteiger partial charge >= 0.3 is 0 Å². The molecule has 166 valence electrons. The minimum absolute atomic E-state index is 0.0272. The third-order valence-electron chi connectivity index (χ3n) is 7.53. The van der Waals surface area contributed by atoms with Crippen molar-refractivity contribution in [1.29, 1.82) is 5.26 Å². The molecule has 2 aromatic carbocycles. The fraction of sp³-hybridized carbons (Fsp3) is 0.462. The van der Waals surface area contributed by atoms with Gasteiger partial charge in [0, 0.05) is 50.1 Å². The number of carbonyl (C=O) groups excluding carboxylic acids is 1. The maximum absolute atomic E-state index is 12.6. The van der Waals surface area contributed by atoms with Gasteiger partial charge < -0.3 is 10.0 Å². The molecule has 1 amide bonds. The minimum Gasteiger partial charge on any atom is -0.378 e. The average Bonchev–Trinajstić information content (AvgIpc) is 3.19. The van der Waals surface area contributed by atoms with Crippen LogP contribution in [0.1, 0.15) is 47.9 Å². The van der Waals surface area contributed by atoms with E-state index >= 15 is 0 Å². The van der Waals surface area contributed by atoms with Gasteiger partial charge in [-0.05, 0) is 42.0 Å². The number of benzene rings is 2. The number of para-hydroxylation sites is 1. The van der Waals surface area contributed by atoms with E-state index in [0.29, 0.717) is 6.42 Å². The van der Waals surface area contributed by atoms with E-state index < -0.39 is 6.23 Å². The summed E-state index contributed by atoms with van der Waals surface area (Å²) in [5, 5.41) is 24.1. The van der Waals surface area contributed by atoms with Gasteiger partial charge in [0.05, 0.1) is 12.1 Å². The van der Waals surface area contributed by atoms with E-state index in [9.17, 15) is 15.2 Å². The first kappa shape index (κ1) is 21.1. The summed E-state index contributed by atoms with van der Waals surface area (Å²) in [6, 6.07) is 19.0. The molecule has 5 rings (SSSR count). The lowest BCUT2D eigenvalue weighted by Gasteiger charge is -2.40. The first-order chi connectivity index (χ1) is 15.6. The standard InChI is InChI=1S/C26H30N4O2/c1-29-23-9-5-4-8-20(23)21(15-24(29)31)26(32)28-22-14-18-6-2-3-7-19(18)25(22)30-12-10-17(16-27)11-13-30/h2-9,17,21-22,25-26,28,32H,10-15H2,1H3/t21-,22?,25?,26?/m0/s1. The molecular weight excluding hydrogens is 400 g/mol. The number of nitrogens with zero attached hydrogens (tertiary/aromatic N) is 3. The lowest BCUT2D eigenvalue weighted by atomic mass is 9.87. The normalized spacial score (nSPS) is 27.0. The number of hydrogen-bond donors (Lipinski definition) is 2. The van der Waals surface area contributed by atoms with Crippen LogP contribution >= 0.6 is 0 Å². The summed E-state index contributed by atoms with van der Waals surface area (Å²) in [5.74, 6) is -0.107. The van der Waals surface area contributed by atoms with Crippen LogP contribution in [-0.2, 0) is 11.2 Å². The van der Waals surface area contributed by atoms with Gasteiger partial charge in [-0.1, -0.05) is 42.5 Å². The molecule has 0 aromatic heterocycles. The topological polar surface area (TPSA) is 79.6 Å². The second-order valence-electron chi connectivity index (χ2n) is 9.33. The average molecular weight is 431 g/mol. The number of piperidine rings is 1. The molecule has 6 heteroatoms. The lowest BCUT2D eigenvalue weighted by Crippen LogP contribution is -2.51. The lowest BCUT2D eigenvalue weighted by molar-refractivity contribution is -0.120. The van der Waals surface area contributed by atoms with Crippen molar-refractivity contribution in [3.05, 3.63) is 65.2 Å². The summed E-state index contributed by atoms with van der Waals surface area (Å²) in [5.41, 5.74) is 4.51. The Labute approximate surface area is 189 Å². The zero-order valence-electron chi connectivity index (χ0n) is 18.4. The predicted molar refractivity (Wildman–Crippen MR) is 123 cm³/mol. The molecule has 6 nitrogen and oxygen atoms in total. The van der Waals surface area contributed by atoms with Crippen LogP contribution in [-0.4, -0.2) is 48.3 Å². The predicted octanol–water partition coefficient (Wildman–Crippen LogP) is 2.95. The largest absolute Gasteiger partial charge is 0.378 e. The summed E-state index contributed by atoms with van der Waals surface area (Å²) in [6.45, 7) is 1.78. The van der Waals surface area contributed by atoms with Crippen LogP contribution in [0.5, 0.6) is 0 Å². The van der Waals surface area contributed by atoms with Crippen molar-refractivity contribution in [2.75, 3.05) is 25.0 Å². The number of likely N-dealkylation sites (tertiary alicyclic amines) is 1. The molecule has 32 heavy (non-hydrogen) atoms. The Balaban J connectivity index is 1.39. The Kier molecular flexibility index (Phi) is 5.73. The molecule has 2 aromatic rings. The van der Waals surface area contributed by atoms with Gasteiger partial charge in [0.15, 0.2) is 0 Å². The number of aliphatic hydroxyl groups is 1. The molecule has 2 aliphatic heterocycles. The number of nitriles is 1. The van der Waals surface area contributed by atoms with Crippen LogP contribution in [0.3, 0.4) is 0 Å². The fourth-order valence-corrected chi connectivity index (χ4v) is 5.77.